The van der Waals surface area contributed by atoms with Gasteiger partial charge in [-0.05, 0) is 55.0 Å². The first-order valence-electron chi connectivity index (χ1n) is 8.14. The maximum Gasteiger partial charge on any atom is 0.261 e. The number of carbonyl (C=O) groups is 2. The molecular weight excluding hydrogens is 354 g/mol. The zero-order valence-electron chi connectivity index (χ0n) is 14.4. The number of likely N-dealkylation sites (N-methyl/N-ethyl adjacent to an activating group) is 1. The Morgan fingerprint density at radius 2 is 1.77 bits per heavy atom. The van der Waals surface area contributed by atoms with Crippen molar-refractivity contribution in [3.05, 3.63) is 48.0 Å². The van der Waals surface area contributed by atoms with Gasteiger partial charge in [0.05, 0.1) is 11.3 Å². The van der Waals surface area contributed by atoms with Gasteiger partial charge in [-0.15, -0.1) is 0 Å². The zero-order valence-corrected chi connectivity index (χ0v) is 15.3. The van der Waals surface area contributed by atoms with Crippen molar-refractivity contribution in [2.75, 3.05) is 21.5 Å². The number of benzene rings is 2. The van der Waals surface area contributed by atoms with Crippen LogP contribution >= 0.6 is 0 Å². The van der Waals surface area contributed by atoms with Crippen LogP contribution in [-0.4, -0.2) is 26.8 Å². The molecule has 0 saturated heterocycles. The third-order valence-electron chi connectivity index (χ3n) is 4.07. The smallest absolute Gasteiger partial charge is 0.261 e. The molecule has 0 radical (unpaired) electrons. The summed E-state index contributed by atoms with van der Waals surface area (Å²) < 4.78 is 27.6. The Morgan fingerprint density at radius 1 is 1.12 bits per heavy atom. The van der Waals surface area contributed by atoms with E-state index in [0.29, 0.717) is 17.9 Å². The van der Waals surface area contributed by atoms with Crippen molar-refractivity contribution in [2.24, 2.45) is 0 Å². The number of rotatable bonds is 5. The lowest BCUT2D eigenvalue weighted by Crippen LogP contribution is -2.25. The molecule has 0 spiro atoms. The molecule has 136 valence electrons. The predicted octanol–water partition coefficient (Wildman–Crippen LogP) is 2.35. The molecule has 1 aliphatic heterocycles. The van der Waals surface area contributed by atoms with Gasteiger partial charge >= 0.3 is 0 Å². The Morgan fingerprint density at radius 3 is 2.38 bits per heavy atom. The molecule has 2 amide bonds. The van der Waals surface area contributed by atoms with Crippen LogP contribution in [0.4, 0.5) is 17.1 Å². The second kappa shape index (κ2) is 6.80. The average molecular weight is 373 g/mol. The maximum atomic E-state index is 12.5. The van der Waals surface area contributed by atoms with Crippen molar-refractivity contribution in [1.82, 2.24) is 0 Å². The third-order valence-corrected chi connectivity index (χ3v) is 5.46. The van der Waals surface area contributed by atoms with Gasteiger partial charge in [0.2, 0.25) is 11.8 Å². The second-order valence-corrected chi connectivity index (χ2v) is 7.65. The quantitative estimate of drug-likeness (QED) is 0.841. The molecule has 0 aromatic heterocycles. The van der Waals surface area contributed by atoms with Gasteiger partial charge in [0.25, 0.3) is 10.0 Å². The molecule has 1 aliphatic rings. The second-order valence-electron chi connectivity index (χ2n) is 5.97. The molecule has 8 heteroatoms. The lowest BCUT2D eigenvalue weighted by atomic mass is 10.1. The van der Waals surface area contributed by atoms with Crippen LogP contribution < -0.4 is 14.9 Å². The summed E-state index contributed by atoms with van der Waals surface area (Å²) in [7, 11) is -3.77. The highest BCUT2D eigenvalue weighted by Crippen LogP contribution is 2.31. The first-order valence-corrected chi connectivity index (χ1v) is 9.62. The van der Waals surface area contributed by atoms with Gasteiger partial charge in [0.15, 0.2) is 0 Å². The van der Waals surface area contributed by atoms with E-state index in [-0.39, 0.29) is 23.1 Å². The van der Waals surface area contributed by atoms with Crippen LogP contribution in [0.15, 0.2) is 47.4 Å². The van der Waals surface area contributed by atoms with E-state index in [1.807, 2.05) is 6.92 Å². The van der Waals surface area contributed by atoms with Gasteiger partial charge in [0.1, 0.15) is 0 Å². The van der Waals surface area contributed by atoms with Crippen molar-refractivity contribution >= 4 is 38.9 Å². The number of sulfonamides is 1. The van der Waals surface area contributed by atoms with Gasteiger partial charge < -0.3 is 10.2 Å². The third kappa shape index (κ3) is 3.55. The van der Waals surface area contributed by atoms with Gasteiger partial charge in [-0.3, -0.25) is 14.3 Å². The predicted molar refractivity (Wildman–Crippen MR) is 99.7 cm³/mol. The first kappa shape index (κ1) is 17.9. The summed E-state index contributed by atoms with van der Waals surface area (Å²) in [5.74, 6) is -0.219. The highest BCUT2D eigenvalue weighted by atomic mass is 32.2. The fraction of sp³-hybridized carbons (Fsp3) is 0.222. The highest BCUT2D eigenvalue weighted by Gasteiger charge is 2.26. The fourth-order valence-electron chi connectivity index (χ4n) is 2.93. The van der Waals surface area contributed by atoms with Crippen molar-refractivity contribution in [3.63, 3.8) is 0 Å². The van der Waals surface area contributed by atoms with E-state index < -0.39 is 10.0 Å². The van der Waals surface area contributed by atoms with Crippen LogP contribution in [0.3, 0.4) is 0 Å². The number of anilines is 3. The molecule has 26 heavy (non-hydrogen) atoms. The van der Waals surface area contributed by atoms with E-state index >= 15 is 0 Å². The Kier molecular flexibility index (Phi) is 4.69. The summed E-state index contributed by atoms with van der Waals surface area (Å²) >= 11 is 0. The van der Waals surface area contributed by atoms with Crippen molar-refractivity contribution in [3.8, 4) is 0 Å². The van der Waals surface area contributed by atoms with Crippen LogP contribution in [0.1, 0.15) is 19.4 Å². The van der Waals surface area contributed by atoms with Crippen LogP contribution in [0.5, 0.6) is 0 Å². The first-order chi connectivity index (χ1) is 12.3. The molecule has 0 unspecified atom stereocenters. The monoisotopic (exact) mass is 373 g/mol. The van der Waals surface area contributed by atoms with Crippen molar-refractivity contribution in [1.29, 1.82) is 0 Å². The highest BCUT2D eigenvalue weighted by molar-refractivity contribution is 7.92. The van der Waals surface area contributed by atoms with Gasteiger partial charge in [-0.2, -0.15) is 0 Å². The van der Waals surface area contributed by atoms with Gasteiger partial charge in [0, 0.05) is 30.5 Å². The lowest BCUT2D eigenvalue weighted by Gasteiger charge is -2.15. The molecule has 0 aliphatic carbocycles. The average Bonchev–Trinajstić information content (AvgIpc) is 2.88. The summed E-state index contributed by atoms with van der Waals surface area (Å²) in [6.07, 6.45) is 0.268. The topological polar surface area (TPSA) is 95.6 Å². The minimum absolute atomic E-state index is 0.0102. The Hall–Kier alpha value is -2.87. The summed E-state index contributed by atoms with van der Waals surface area (Å²) in [5, 5.41) is 2.58. The van der Waals surface area contributed by atoms with Crippen LogP contribution in [-0.2, 0) is 26.0 Å². The number of nitrogens with zero attached hydrogens (tertiary/aromatic N) is 1. The van der Waals surface area contributed by atoms with E-state index in [9.17, 15) is 18.0 Å². The Bertz CT molecular complexity index is 968. The molecule has 2 aromatic carbocycles. The van der Waals surface area contributed by atoms with Crippen molar-refractivity contribution in [2.45, 2.75) is 25.2 Å². The lowest BCUT2D eigenvalue weighted by molar-refractivity contribution is -0.117. The SMILES string of the molecule is CCN1C(=O)Cc2cc(NS(=O)(=O)c3ccc(NC(C)=O)cc3)ccc21. The molecule has 1 heterocycles. The summed E-state index contributed by atoms with van der Waals surface area (Å²) in [5.41, 5.74) is 2.55. The number of hydrogen-bond acceptors (Lipinski definition) is 4. The van der Waals surface area contributed by atoms with E-state index in [4.69, 9.17) is 0 Å². The van der Waals surface area contributed by atoms with E-state index in [1.165, 1.54) is 31.2 Å². The molecule has 7 nitrogen and oxygen atoms in total. The standard InChI is InChI=1S/C18H19N3O4S/c1-3-21-17-9-6-15(10-13(17)11-18(21)23)20-26(24,25)16-7-4-14(5-8-16)19-12(2)22/h4-10,20H,3,11H2,1-2H3,(H,19,22). The van der Waals surface area contributed by atoms with E-state index in [1.54, 1.807) is 23.1 Å². The Labute approximate surface area is 152 Å². The molecule has 2 N–H and O–H groups in total. The number of fused-ring (bicyclic) bond motifs is 1. The maximum absolute atomic E-state index is 12.5. The molecule has 0 saturated carbocycles. The summed E-state index contributed by atoms with van der Waals surface area (Å²) in [4.78, 5) is 24.7. The number of nitrogens with one attached hydrogen (secondary N) is 2. The molecule has 0 bridgehead atoms. The van der Waals surface area contributed by atoms with Crippen LogP contribution in [0.2, 0.25) is 0 Å². The fourth-order valence-corrected chi connectivity index (χ4v) is 3.98. The molecule has 0 atom stereocenters. The van der Waals surface area contributed by atoms with Gasteiger partial charge in [-0.25, -0.2) is 8.42 Å². The van der Waals surface area contributed by atoms with Crippen molar-refractivity contribution < 1.29 is 18.0 Å². The van der Waals surface area contributed by atoms with Crippen LogP contribution in [0.25, 0.3) is 0 Å². The summed E-state index contributed by atoms with van der Waals surface area (Å²) in [6, 6.07) is 11.0. The zero-order chi connectivity index (χ0) is 18.9. The van der Waals surface area contributed by atoms with E-state index in [2.05, 4.69) is 10.0 Å². The van der Waals surface area contributed by atoms with E-state index in [0.717, 1.165) is 11.3 Å². The largest absolute Gasteiger partial charge is 0.326 e. The molecule has 0 fully saturated rings. The number of hydrogen-bond donors (Lipinski definition) is 2. The minimum Gasteiger partial charge on any atom is -0.326 e. The molecule has 2 aromatic rings. The minimum atomic E-state index is -3.77. The van der Waals surface area contributed by atoms with Crippen LogP contribution in [0, 0.1) is 0 Å². The van der Waals surface area contributed by atoms with Gasteiger partial charge in [-0.1, -0.05) is 0 Å². The normalized spacial score (nSPS) is 13.5. The number of amides is 2. The Balaban J connectivity index is 1.81. The summed E-state index contributed by atoms with van der Waals surface area (Å²) in [6.45, 7) is 3.86. The molecule has 3 rings (SSSR count). The molecular formula is C18H19N3O4S. The number of carbonyl (C=O) groups excluding carboxylic acids is 2.